The van der Waals surface area contributed by atoms with Crippen molar-refractivity contribution < 1.29 is 27.0 Å². The maximum absolute atomic E-state index is 12.2. The predicted octanol–water partition coefficient (Wildman–Crippen LogP) is 3.20. The summed E-state index contributed by atoms with van der Waals surface area (Å²) in [5.74, 6) is 0.399. The molecule has 2 aromatic rings. The van der Waals surface area contributed by atoms with E-state index in [1.807, 2.05) is 0 Å². The topological polar surface area (TPSA) is 150 Å². The molecule has 0 bridgehead atoms. The zero-order chi connectivity index (χ0) is 25.5. The largest absolute Gasteiger partial charge is 0.456 e. The highest BCUT2D eigenvalue weighted by Crippen LogP contribution is 2.42. The van der Waals surface area contributed by atoms with Crippen molar-refractivity contribution in [3.8, 4) is 22.5 Å². The number of aldehydes is 2. The monoisotopic (exact) mass is 504 g/mol. The summed E-state index contributed by atoms with van der Waals surface area (Å²) in [6.45, 7) is 0. The van der Waals surface area contributed by atoms with Crippen LogP contribution in [0.2, 0.25) is 0 Å². The lowest BCUT2D eigenvalue weighted by atomic mass is 9.93. The Bertz CT molecular complexity index is 1640. The number of allylic oxidation sites excluding steroid dienone is 2. The van der Waals surface area contributed by atoms with E-state index in [1.165, 1.54) is 36.7 Å². The first kappa shape index (κ1) is 24.4. The molecule has 182 valence electrons. The minimum atomic E-state index is -4.52. The van der Waals surface area contributed by atoms with Gasteiger partial charge in [-0.05, 0) is 42.5 Å². The number of carbonyl (C=O) groups excluding carboxylic acids is 2. The van der Waals surface area contributed by atoms with E-state index in [-0.39, 0.29) is 4.90 Å². The van der Waals surface area contributed by atoms with Gasteiger partial charge in [-0.3, -0.25) is 19.6 Å². The quantitative estimate of drug-likeness (QED) is 0.0886. The van der Waals surface area contributed by atoms with Crippen LogP contribution in [-0.2, 0) is 19.7 Å². The number of anilines is 1. The molecule has 0 spiro atoms. The number of benzene rings is 3. The van der Waals surface area contributed by atoms with Crippen LogP contribution in [-0.4, -0.2) is 25.5 Å². The number of hydrogen-bond donors (Lipinski definition) is 4. The summed E-state index contributed by atoms with van der Waals surface area (Å²) in [7, 11) is -4.52. The van der Waals surface area contributed by atoms with Gasteiger partial charge >= 0.3 is 0 Å². The van der Waals surface area contributed by atoms with Gasteiger partial charge in [0.2, 0.25) is 0 Å². The predicted molar refractivity (Wildman–Crippen MR) is 134 cm³/mol. The molecule has 36 heavy (non-hydrogen) atoms. The third-order valence-electron chi connectivity index (χ3n) is 5.06. The number of nitrogens with zero attached hydrogens (tertiary/aromatic N) is 1. The Morgan fingerprint density at radius 3 is 2.44 bits per heavy atom. The molecule has 0 amide bonds. The zero-order valence-corrected chi connectivity index (χ0v) is 19.4. The fraction of sp³-hybridized carbons (Fsp3) is 0. The molecule has 1 aliphatic heterocycles. The first-order valence-electron chi connectivity index (χ1n) is 10.5. The lowest BCUT2D eigenvalue weighted by Crippen LogP contribution is -2.14. The molecule has 4 rings (SSSR count). The second kappa shape index (κ2) is 10.7. The number of carbonyl (C=O) groups is 2. The summed E-state index contributed by atoms with van der Waals surface area (Å²) in [6, 6.07) is 16.4. The molecule has 2 aromatic carbocycles. The first-order chi connectivity index (χ1) is 17.4. The highest BCUT2D eigenvalue weighted by atomic mass is 32.2. The van der Waals surface area contributed by atoms with E-state index in [4.69, 9.17) is 4.42 Å². The number of hydrogen-bond acceptors (Lipinski definition) is 9. The van der Waals surface area contributed by atoms with Gasteiger partial charge < -0.3 is 15.3 Å². The molecule has 1 aliphatic carbocycles. The highest BCUT2D eigenvalue weighted by molar-refractivity contribution is 7.86. The number of fused-ring (bicyclic) bond motifs is 2. The van der Waals surface area contributed by atoms with Gasteiger partial charge in [-0.25, -0.2) is 0 Å². The minimum absolute atomic E-state index is 0.240. The maximum Gasteiger partial charge on any atom is 0.295 e. The van der Waals surface area contributed by atoms with Crippen LogP contribution in [0.25, 0.3) is 33.4 Å². The Morgan fingerprint density at radius 2 is 1.67 bits per heavy atom. The van der Waals surface area contributed by atoms with Gasteiger partial charge in [0.25, 0.3) is 10.1 Å². The summed E-state index contributed by atoms with van der Waals surface area (Å²) in [4.78, 5) is 20.6. The summed E-state index contributed by atoms with van der Waals surface area (Å²) < 4.78 is 40.4. The fourth-order valence-electron chi connectivity index (χ4n) is 3.62. The molecule has 2 aliphatic rings. The van der Waals surface area contributed by atoms with Gasteiger partial charge in [0.05, 0.1) is 11.0 Å². The van der Waals surface area contributed by atoms with Crippen LogP contribution in [0.1, 0.15) is 0 Å². The van der Waals surface area contributed by atoms with Crippen molar-refractivity contribution in [1.29, 1.82) is 0 Å². The highest BCUT2D eigenvalue weighted by Gasteiger charge is 2.23. The normalized spacial score (nSPS) is 12.4. The molecule has 1 heterocycles. The molecular weight excluding hydrogens is 484 g/mol. The van der Waals surface area contributed by atoms with Crippen molar-refractivity contribution in [2.75, 3.05) is 5.43 Å². The van der Waals surface area contributed by atoms with Gasteiger partial charge in [0.1, 0.15) is 28.8 Å². The average Bonchev–Trinajstić information content (AvgIpc) is 2.87. The Kier molecular flexibility index (Phi) is 7.23. The molecule has 0 aromatic heterocycles. The van der Waals surface area contributed by atoms with Gasteiger partial charge in [-0.2, -0.15) is 13.5 Å². The Balaban J connectivity index is 1.97. The number of nitrogens with one attached hydrogen (secondary N) is 3. The van der Waals surface area contributed by atoms with E-state index in [0.29, 0.717) is 57.0 Å². The van der Waals surface area contributed by atoms with E-state index < -0.39 is 10.1 Å². The van der Waals surface area contributed by atoms with Crippen LogP contribution in [0.3, 0.4) is 0 Å². The molecule has 0 atom stereocenters. The van der Waals surface area contributed by atoms with E-state index in [9.17, 15) is 22.6 Å². The molecule has 10 nitrogen and oxygen atoms in total. The summed E-state index contributed by atoms with van der Waals surface area (Å²) in [5.41, 5.74) is 10.8. The number of rotatable bonds is 9. The van der Waals surface area contributed by atoms with Crippen LogP contribution in [0, 0.1) is 0 Å². The molecule has 0 unspecified atom stereocenters. The third kappa shape index (κ3) is 5.32. The van der Waals surface area contributed by atoms with Crippen LogP contribution < -0.4 is 21.6 Å². The van der Waals surface area contributed by atoms with Crippen molar-refractivity contribution >= 4 is 39.3 Å². The second-order valence-corrected chi connectivity index (χ2v) is 8.73. The molecule has 11 heteroatoms. The van der Waals surface area contributed by atoms with E-state index in [1.54, 1.807) is 48.5 Å². The molecule has 4 N–H and O–H groups in total. The van der Waals surface area contributed by atoms with Crippen molar-refractivity contribution in [3.05, 3.63) is 90.6 Å². The maximum atomic E-state index is 12.2. The average molecular weight is 505 g/mol. The Morgan fingerprint density at radius 1 is 0.889 bits per heavy atom. The SMILES string of the molecule is O=CC=CNN=c1ccc2c(-c3ccccc3S(=O)(=O)O)c3ccc(NNC=CC=O)cc3oc-2c1. The summed E-state index contributed by atoms with van der Waals surface area (Å²) in [6.07, 6.45) is 6.55. The van der Waals surface area contributed by atoms with Crippen LogP contribution >= 0.6 is 0 Å². The van der Waals surface area contributed by atoms with Gasteiger partial charge in [-0.15, -0.1) is 0 Å². The third-order valence-corrected chi connectivity index (χ3v) is 5.97. The van der Waals surface area contributed by atoms with Crippen LogP contribution in [0.5, 0.6) is 0 Å². The van der Waals surface area contributed by atoms with Crippen LogP contribution in [0.4, 0.5) is 5.69 Å². The summed E-state index contributed by atoms with van der Waals surface area (Å²) >= 11 is 0. The smallest absolute Gasteiger partial charge is 0.295 e. The second-order valence-electron chi connectivity index (χ2n) is 7.34. The van der Waals surface area contributed by atoms with Crippen molar-refractivity contribution in [2.45, 2.75) is 4.90 Å². The van der Waals surface area contributed by atoms with Gasteiger partial charge in [0.15, 0.2) is 0 Å². The van der Waals surface area contributed by atoms with Crippen molar-refractivity contribution in [2.24, 2.45) is 5.10 Å². The standard InChI is InChI=1S/C25H20N4O6S/c30-13-3-11-26-28-17-7-9-19-22(15-17)35-23-16-18(29-27-12-4-14-31)8-10-20(23)25(19)21-5-1-2-6-24(21)36(32,33)34/h1-16,26-28H,(H,32,33,34). The Labute approximate surface area is 205 Å². The van der Waals surface area contributed by atoms with Crippen molar-refractivity contribution in [3.63, 3.8) is 0 Å². The lowest BCUT2D eigenvalue weighted by Gasteiger charge is -2.17. The molecule has 0 fully saturated rings. The molecule has 0 saturated carbocycles. The van der Waals surface area contributed by atoms with E-state index in [0.717, 1.165) is 0 Å². The van der Waals surface area contributed by atoms with E-state index in [2.05, 4.69) is 21.4 Å². The first-order valence-corrected chi connectivity index (χ1v) is 12.0. The van der Waals surface area contributed by atoms with Crippen molar-refractivity contribution in [1.82, 2.24) is 10.9 Å². The fourth-order valence-corrected chi connectivity index (χ4v) is 4.32. The van der Waals surface area contributed by atoms with E-state index >= 15 is 0 Å². The lowest BCUT2D eigenvalue weighted by molar-refractivity contribution is -0.104. The van der Waals surface area contributed by atoms with Crippen LogP contribution in [0.15, 0.2) is 99.6 Å². The Hall–Kier alpha value is -4.74. The zero-order valence-electron chi connectivity index (χ0n) is 18.6. The van der Waals surface area contributed by atoms with Gasteiger partial charge in [0, 0.05) is 46.6 Å². The molecular formula is C25H20N4O6S. The summed E-state index contributed by atoms with van der Waals surface area (Å²) in [5, 5.41) is 5.25. The molecule has 0 saturated heterocycles. The molecule has 0 radical (unpaired) electrons. The minimum Gasteiger partial charge on any atom is -0.456 e. The number of hydrazine groups is 1. The van der Waals surface area contributed by atoms with Gasteiger partial charge in [-0.1, -0.05) is 18.2 Å².